The molecule has 3 nitrogen and oxygen atoms in total. The van der Waals surface area contributed by atoms with Crippen LogP contribution in [0, 0.1) is 17.3 Å². The third-order valence-electron chi connectivity index (χ3n) is 5.22. The van der Waals surface area contributed by atoms with Crippen LogP contribution in [0.2, 0.25) is 0 Å². The van der Waals surface area contributed by atoms with Crippen molar-refractivity contribution in [3.63, 3.8) is 0 Å². The maximum Gasteiger partial charge on any atom is 0.0492 e. The normalized spacial score (nSPS) is 35.6. The third kappa shape index (κ3) is 1.81. The van der Waals surface area contributed by atoms with Gasteiger partial charge in [-0.2, -0.15) is 5.10 Å². The summed E-state index contributed by atoms with van der Waals surface area (Å²) in [7, 11) is 2.00. The highest BCUT2D eigenvalue weighted by molar-refractivity contribution is 5.05. The number of aryl methyl sites for hydroxylation is 2. The third-order valence-corrected chi connectivity index (χ3v) is 5.22. The number of fused-ring (bicyclic) bond motifs is 2. The Bertz CT molecular complexity index is 401. The van der Waals surface area contributed by atoms with Crippen LogP contribution in [-0.4, -0.2) is 21.5 Å². The highest BCUT2D eigenvalue weighted by Crippen LogP contribution is 2.57. The Kier molecular flexibility index (Phi) is 2.74. The number of rotatable bonds is 4. The predicted molar refractivity (Wildman–Crippen MR) is 66.5 cm³/mol. The minimum Gasteiger partial charge on any atom is -0.396 e. The van der Waals surface area contributed by atoms with Gasteiger partial charge in [0.05, 0.1) is 0 Å². The number of hydrogen-bond donors (Lipinski definition) is 1. The van der Waals surface area contributed by atoms with Gasteiger partial charge in [0.25, 0.3) is 0 Å². The Morgan fingerprint density at radius 2 is 2.41 bits per heavy atom. The molecule has 0 saturated heterocycles. The van der Waals surface area contributed by atoms with Crippen LogP contribution in [0.5, 0.6) is 0 Å². The van der Waals surface area contributed by atoms with Crippen molar-refractivity contribution in [2.45, 2.75) is 38.5 Å². The van der Waals surface area contributed by atoms with Crippen LogP contribution in [0.25, 0.3) is 0 Å². The van der Waals surface area contributed by atoms with Crippen LogP contribution in [0.4, 0.5) is 0 Å². The first-order valence-corrected chi connectivity index (χ1v) is 6.81. The summed E-state index contributed by atoms with van der Waals surface area (Å²) in [6.45, 7) is 0.381. The largest absolute Gasteiger partial charge is 0.396 e. The first kappa shape index (κ1) is 11.3. The lowest BCUT2D eigenvalue weighted by Crippen LogP contribution is -2.32. The lowest BCUT2D eigenvalue weighted by molar-refractivity contribution is 0.0561. The molecule has 1 N–H and O–H groups in total. The van der Waals surface area contributed by atoms with E-state index in [0.29, 0.717) is 6.61 Å². The fourth-order valence-corrected chi connectivity index (χ4v) is 4.16. The molecule has 0 radical (unpaired) electrons. The maximum atomic E-state index is 9.81. The van der Waals surface area contributed by atoms with Crippen molar-refractivity contribution < 1.29 is 5.11 Å². The summed E-state index contributed by atoms with van der Waals surface area (Å²) in [5.41, 5.74) is 1.52. The van der Waals surface area contributed by atoms with E-state index < -0.39 is 0 Å². The van der Waals surface area contributed by atoms with Gasteiger partial charge in [-0.05, 0) is 55.4 Å². The van der Waals surface area contributed by atoms with E-state index in [1.165, 1.54) is 31.4 Å². The zero-order chi connectivity index (χ0) is 11.9. The molecule has 0 aliphatic heterocycles. The van der Waals surface area contributed by atoms with Crippen molar-refractivity contribution in [2.75, 3.05) is 6.61 Å². The number of aliphatic hydroxyl groups is 1. The highest BCUT2D eigenvalue weighted by Gasteiger charge is 2.49. The predicted octanol–water partition coefficient (Wildman–Crippen LogP) is 2.15. The second-order valence-corrected chi connectivity index (χ2v) is 6.05. The quantitative estimate of drug-likeness (QED) is 0.867. The van der Waals surface area contributed by atoms with Gasteiger partial charge in [0, 0.05) is 25.5 Å². The van der Waals surface area contributed by atoms with Crippen LogP contribution >= 0.6 is 0 Å². The minimum absolute atomic E-state index is 0.229. The Morgan fingerprint density at radius 3 is 2.94 bits per heavy atom. The van der Waals surface area contributed by atoms with E-state index >= 15 is 0 Å². The zero-order valence-electron chi connectivity index (χ0n) is 10.6. The summed E-state index contributed by atoms with van der Waals surface area (Å²) in [4.78, 5) is 0. The number of hydrogen-bond acceptors (Lipinski definition) is 2. The second-order valence-electron chi connectivity index (χ2n) is 6.05. The van der Waals surface area contributed by atoms with E-state index in [4.69, 9.17) is 0 Å². The smallest absolute Gasteiger partial charge is 0.0492 e. The lowest BCUT2D eigenvalue weighted by atomic mass is 9.70. The van der Waals surface area contributed by atoms with Crippen molar-refractivity contribution in [1.82, 2.24) is 9.78 Å². The van der Waals surface area contributed by atoms with Crippen molar-refractivity contribution in [2.24, 2.45) is 24.3 Å². The van der Waals surface area contributed by atoms with Gasteiger partial charge in [-0.1, -0.05) is 6.42 Å². The Balaban J connectivity index is 1.69. The van der Waals surface area contributed by atoms with E-state index in [1.54, 1.807) is 0 Å². The van der Waals surface area contributed by atoms with Crippen LogP contribution in [-0.2, 0) is 13.5 Å². The topological polar surface area (TPSA) is 38.0 Å². The molecule has 94 valence electrons. The molecule has 3 atom stereocenters. The van der Waals surface area contributed by atoms with Gasteiger partial charge in [-0.25, -0.2) is 0 Å². The fraction of sp³-hybridized carbons (Fsp3) is 0.786. The monoisotopic (exact) mass is 234 g/mol. The molecule has 3 rings (SSSR count). The van der Waals surface area contributed by atoms with Gasteiger partial charge >= 0.3 is 0 Å². The molecule has 3 heteroatoms. The Labute approximate surface area is 103 Å². The van der Waals surface area contributed by atoms with E-state index in [1.807, 2.05) is 17.9 Å². The molecule has 0 amide bonds. The minimum atomic E-state index is 0.229. The highest BCUT2D eigenvalue weighted by atomic mass is 16.3. The molecule has 2 saturated carbocycles. The first-order valence-electron chi connectivity index (χ1n) is 6.81. The fourth-order valence-electron chi connectivity index (χ4n) is 4.16. The van der Waals surface area contributed by atoms with Crippen LogP contribution < -0.4 is 0 Å². The van der Waals surface area contributed by atoms with Crippen molar-refractivity contribution in [3.8, 4) is 0 Å². The van der Waals surface area contributed by atoms with Gasteiger partial charge in [-0.15, -0.1) is 0 Å². The zero-order valence-corrected chi connectivity index (χ0v) is 10.6. The van der Waals surface area contributed by atoms with Gasteiger partial charge in [-0.3, -0.25) is 4.68 Å². The van der Waals surface area contributed by atoms with Gasteiger partial charge in [0.1, 0.15) is 0 Å². The van der Waals surface area contributed by atoms with Gasteiger partial charge < -0.3 is 5.11 Å². The number of nitrogens with zero attached hydrogens (tertiary/aromatic N) is 2. The molecule has 2 aliphatic carbocycles. The Morgan fingerprint density at radius 1 is 1.53 bits per heavy atom. The van der Waals surface area contributed by atoms with Crippen LogP contribution in [0.1, 0.15) is 37.8 Å². The summed E-state index contributed by atoms with van der Waals surface area (Å²) in [5.74, 6) is 1.68. The standard InChI is InChI=1S/C14H22N2O/c1-16-13(5-7-15-16)4-6-14(10-17)9-11-2-3-12(14)8-11/h5,7,11-12,17H,2-4,6,8-10H2,1H3. The van der Waals surface area contributed by atoms with E-state index in [0.717, 1.165) is 24.7 Å². The molecule has 0 spiro atoms. The van der Waals surface area contributed by atoms with Crippen LogP contribution in [0.15, 0.2) is 12.3 Å². The van der Waals surface area contributed by atoms with Crippen LogP contribution in [0.3, 0.4) is 0 Å². The van der Waals surface area contributed by atoms with E-state index in [2.05, 4.69) is 11.2 Å². The van der Waals surface area contributed by atoms with Gasteiger partial charge in [0.2, 0.25) is 0 Å². The molecule has 17 heavy (non-hydrogen) atoms. The SMILES string of the molecule is Cn1nccc1CCC1(CO)CC2CCC1C2. The number of aromatic nitrogens is 2. The summed E-state index contributed by atoms with van der Waals surface area (Å²) in [6.07, 6.45) is 9.42. The maximum absolute atomic E-state index is 9.81. The summed E-state index contributed by atoms with van der Waals surface area (Å²) in [5, 5.41) is 14.0. The van der Waals surface area contributed by atoms with Crippen molar-refractivity contribution in [3.05, 3.63) is 18.0 Å². The first-order chi connectivity index (χ1) is 8.23. The molecule has 1 aromatic heterocycles. The van der Waals surface area contributed by atoms with E-state index in [9.17, 15) is 5.11 Å². The van der Waals surface area contributed by atoms with Crippen molar-refractivity contribution in [1.29, 1.82) is 0 Å². The molecule has 0 aromatic carbocycles. The lowest BCUT2D eigenvalue weighted by Gasteiger charge is -2.36. The summed E-state index contributed by atoms with van der Waals surface area (Å²) >= 11 is 0. The van der Waals surface area contributed by atoms with E-state index in [-0.39, 0.29) is 5.41 Å². The molecule has 1 aromatic rings. The summed E-state index contributed by atoms with van der Waals surface area (Å²) < 4.78 is 1.96. The molecule has 3 unspecified atom stereocenters. The average Bonchev–Trinajstić information content (AvgIpc) is 3.02. The van der Waals surface area contributed by atoms with Gasteiger partial charge in [0.15, 0.2) is 0 Å². The summed E-state index contributed by atoms with van der Waals surface area (Å²) in [6, 6.07) is 2.10. The molecule has 2 bridgehead atoms. The molecule has 1 heterocycles. The molecular weight excluding hydrogens is 212 g/mol. The number of aliphatic hydroxyl groups excluding tert-OH is 1. The molecule has 2 fully saturated rings. The second kappa shape index (κ2) is 4.13. The average molecular weight is 234 g/mol. The molecule has 2 aliphatic rings. The Hall–Kier alpha value is -0.830. The molecular formula is C14H22N2O. The van der Waals surface area contributed by atoms with Crippen molar-refractivity contribution >= 4 is 0 Å².